The van der Waals surface area contributed by atoms with E-state index >= 15 is 0 Å². The minimum absolute atomic E-state index is 0.204. The first-order chi connectivity index (χ1) is 7.18. The van der Waals surface area contributed by atoms with Gasteiger partial charge in [-0.05, 0) is 36.5 Å². The second-order valence-electron chi connectivity index (χ2n) is 4.16. The molecule has 0 aromatic heterocycles. The standard InChI is InChI=1S/C12H14F2O/c13-10-6-5-9(7-11(10)14)12(15)8-3-1-2-4-8/h5-8,12,15H,1-4H2. The van der Waals surface area contributed by atoms with Crippen molar-refractivity contribution in [1.29, 1.82) is 0 Å². The highest BCUT2D eigenvalue weighted by Gasteiger charge is 2.24. The van der Waals surface area contributed by atoms with Crippen molar-refractivity contribution in [3.63, 3.8) is 0 Å². The van der Waals surface area contributed by atoms with Gasteiger partial charge < -0.3 is 5.11 Å². The van der Waals surface area contributed by atoms with Gasteiger partial charge in [0, 0.05) is 0 Å². The molecule has 0 aliphatic heterocycles. The van der Waals surface area contributed by atoms with Crippen molar-refractivity contribution in [2.24, 2.45) is 5.92 Å². The molecule has 1 nitrogen and oxygen atoms in total. The molecule has 1 N–H and O–H groups in total. The van der Waals surface area contributed by atoms with Crippen molar-refractivity contribution in [1.82, 2.24) is 0 Å². The molecule has 15 heavy (non-hydrogen) atoms. The zero-order valence-corrected chi connectivity index (χ0v) is 8.42. The molecule has 0 bridgehead atoms. The van der Waals surface area contributed by atoms with E-state index in [-0.39, 0.29) is 5.92 Å². The van der Waals surface area contributed by atoms with Crippen LogP contribution < -0.4 is 0 Å². The lowest BCUT2D eigenvalue weighted by atomic mass is 9.94. The number of benzene rings is 1. The van der Waals surface area contributed by atoms with Gasteiger partial charge in [-0.15, -0.1) is 0 Å². The van der Waals surface area contributed by atoms with Crippen LogP contribution in [0.2, 0.25) is 0 Å². The zero-order valence-electron chi connectivity index (χ0n) is 8.42. The molecule has 3 heteroatoms. The maximum atomic E-state index is 12.9. The van der Waals surface area contributed by atoms with Gasteiger partial charge in [0.05, 0.1) is 6.10 Å². The molecule has 0 spiro atoms. The number of rotatable bonds is 2. The number of aliphatic hydroxyl groups is 1. The molecule has 1 aromatic carbocycles. The van der Waals surface area contributed by atoms with Crippen molar-refractivity contribution in [2.45, 2.75) is 31.8 Å². The summed E-state index contributed by atoms with van der Waals surface area (Å²) in [7, 11) is 0. The van der Waals surface area contributed by atoms with Crippen molar-refractivity contribution in [3.8, 4) is 0 Å². The summed E-state index contributed by atoms with van der Waals surface area (Å²) in [4.78, 5) is 0. The molecule has 0 radical (unpaired) electrons. The van der Waals surface area contributed by atoms with E-state index in [4.69, 9.17) is 0 Å². The Balaban J connectivity index is 2.17. The number of hydrogen-bond donors (Lipinski definition) is 1. The van der Waals surface area contributed by atoms with Gasteiger partial charge in [0.25, 0.3) is 0 Å². The fourth-order valence-corrected chi connectivity index (χ4v) is 2.24. The number of hydrogen-bond acceptors (Lipinski definition) is 1. The van der Waals surface area contributed by atoms with Gasteiger partial charge in [-0.25, -0.2) is 8.78 Å². The summed E-state index contributed by atoms with van der Waals surface area (Å²) >= 11 is 0. The van der Waals surface area contributed by atoms with E-state index in [1.165, 1.54) is 6.07 Å². The van der Waals surface area contributed by atoms with Gasteiger partial charge in [-0.1, -0.05) is 18.9 Å². The third kappa shape index (κ3) is 2.17. The highest BCUT2D eigenvalue weighted by molar-refractivity contribution is 5.20. The van der Waals surface area contributed by atoms with Crippen LogP contribution in [-0.4, -0.2) is 5.11 Å². The Labute approximate surface area is 87.7 Å². The summed E-state index contributed by atoms with van der Waals surface area (Å²) in [6.07, 6.45) is 3.53. The van der Waals surface area contributed by atoms with Crippen LogP contribution in [0.5, 0.6) is 0 Å². The van der Waals surface area contributed by atoms with Crippen LogP contribution in [-0.2, 0) is 0 Å². The molecule has 0 saturated heterocycles. The monoisotopic (exact) mass is 212 g/mol. The molecule has 1 saturated carbocycles. The Bertz CT molecular complexity index is 345. The maximum absolute atomic E-state index is 12.9. The lowest BCUT2D eigenvalue weighted by Crippen LogP contribution is -2.09. The van der Waals surface area contributed by atoms with E-state index in [0.29, 0.717) is 5.56 Å². The van der Waals surface area contributed by atoms with Crippen LogP contribution in [0.4, 0.5) is 8.78 Å². The molecule has 1 aromatic rings. The molecule has 2 rings (SSSR count). The molecular weight excluding hydrogens is 198 g/mol. The zero-order chi connectivity index (χ0) is 10.8. The third-order valence-corrected chi connectivity index (χ3v) is 3.13. The maximum Gasteiger partial charge on any atom is 0.159 e. The summed E-state index contributed by atoms with van der Waals surface area (Å²) < 4.78 is 25.6. The van der Waals surface area contributed by atoms with Crippen LogP contribution in [0, 0.1) is 17.6 Å². The van der Waals surface area contributed by atoms with Crippen molar-refractivity contribution >= 4 is 0 Å². The minimum atomic E-state index is -0.885. The molecular formula is C12H14F2O. The minimum Gasteiger partial charge on any atom is -0.388 e. The molecule has 1 aliphatic rings. The predicted octanol–water partition coefficient (Wildman–Crippen LogP) is 3.19. The average Bonchev–Trinajstić information content (AvgIpc) is 2.74. The largest absolute Gasteiger partial charge is 0.388 e. The first-order valence-corrected chi connectivity index (χ1v) is 5.31. The fraction of sp³-hybridized carbons (Fsp3) is 0.500. The highest BCUT2D eigenvalue weighted by Crippen LogP contribution is 2.35. The van der Waals surface area contributed by atoms with E-state index in [1.54, 1.807) is 0 Å². The van der Waals surface area contributed by atoms with Gasteiger partial charge >= 0.3 is 0 Å². The van der Waals surface area contributed by atoms with E-state index in [0.717, 1.165) is 37.8 Å². The molecule has 1 aliphatic carbocycles. The first kappa shape index (κ1) is 10.6. The van der Waals surface area contributed by atoms with Gasteiger partial charge in [0.1, 0.15) is 0 Å². The van der Waals surface area contributed by atoms with Crippen LogP contribution in [0.25, 0.3) is 0 Å². The third-order valence-electron chi connectivity index (χ3n) is 3.13. The van der Waals surface area contributed by atoms with E-state index in [9.17, 15) is 13.9 Å². The summed E-state index contributed by atoms with van der Waals surface area (Å²) in [6.45, 7) is 0. The van der Waals surface area contributed by atoms with Crippen molar-refractivity contribution in [3.05, 3.63) is 35.4 Å². The van der Waals surface area contributed by atoms with Crippen molar-refractivity contribution < 1.29 is 13.9 Å². The van der Waals surface area contributed by atoms with Gasteiger partial charge in [-0.2, -0.15) is 0 Å². The molecule has 82 valence electrons. The summed E-state index contributed by atoms with van der Waals surface area (Å²) in [5.74, 6) is -1.54. The van der Waals surface area contributed by atoms with Crippen LogP contribution in [0.1, 0.15) is 37.4 Å². The van der Waals surface area contributed by atoms with Crippen LogP contribution in [0.15, 0.2) is 18.2 Å². The summed E-state index contributed by atoms with van der Waals surface area (Å²) in [5.41, 5.74) is 0.487. The Morgan fingerprint density at radius 1 is 1.13 bits per heavy atom. The molecule has 1 atom stereocenters. The lowest BCUT2D eigenvalue weighted by Gasteiger charge is -2.17. The van der Waals surface area contributed by atoms with Crippen LogP contribution >= 0.6 is 0 Å². The molecule has 1 fully saturated rings. The quantitative estimate of drug-likeness (QED) is 0.798. The second kappa shape index (κ2) is 4.27. The van der Waals surface area contributed by atoms with Gasteiger partial charge in [-0.3, -0.25) is 0 Å². The van der Waals surface area contributed by atoms with Crippen molar-refractivity contribution in [2.75, 3.05) is 0 Å². The Kier molecular flexibility index (Phi) is 3.00. The fourth-order valence-electron chi connectivity index (χ4n) is 2.24. The molecule has 0 heterocycles. The molecule has 1 unspecified atom stereocenters. The van der Waals surface area contributed by atoms with E-state index in [1.807, 2.05) is 0 Å². The normalized spacial score (nSPS) is 19.4. The predicted molar refractivity (Wildman–Crippen MR) is 53.3 cm³/mol. The number of halogens is 2. The lowest BCUT2D eigenvalue weighted by molar-refractivity contribution is 0.111. The topological polar surface area (TPSA) is 20.2 Å². The number of aliphatic hydroxyl groups excluding tert-OH is 1. The Morgan fingerprint density at radius 2 is 1.80 bits per heavy atom. The summed E-state index contributed by atoms with van der Waals surface area (Å²) in [6, 6.07) is 3.63. The van der Waals surface area contributed by atoms with E-state index in [2.05, 4.69) is 0 Å². The van der Waals surface area contributed by atoms with Gasteiger partial charge in [0.2, 0.25) is 0 Å². The summed E-state index contributed by atoms with van der Waals surface area (Å²) in [5, 5.41) is 9.95. The first-order valence-electron chi connectivity index (χ1n) is 5.31. The second-order valence-corrected chi connectivity index (χ2v) is 4.16. The Hall–Kier alpha value is -0.960. The Morgan fingerprint density at radius 3 is 2.40 bits per heavy atom. The van der Waals surface area contributed by atoms with Gasteiger partial charge in [0.15, 0.2) is 11.6 Å². The molecule has 0 amide bonds. The van der Waals surface area contributed by atoms with E-state index < -0.39 is 17.7 Å². The average molecular weight is 212 g/mol. The smallest absolute Gasteiger partial charge is 0.159 e. The highest BCUT2D eigenvalue weighted by atomic mass is 19.2. The SMILES string of the molecule is OC(c1ccc(F)c(F)c1)C1CCCC1. The van der Waals surface area contributed by atoms with Crippen LogP contribution in [0.3, 0.4) is 0 Å².